The van der Waals surface area contributed by atoms with Crippen molar-refractivity contribution < 1.29 is 4.74 Å². The van der Waals surface area contributed by atoms with Crippen molar-refractivity contribution in [2.75, 3.05) is 19.8 Å². The fourth-order valence-corrected chi connectivity index (χ4v) is 4.87. The van der Waals surface area contributed by atoms with E-state index in [-0.39, 0.29) is 0 Å². The number of nitrogens with one attached hydrogen (secondary N) is 1. The SMILES string of the molecule is CCCNC(CC1CCOCC1)C1CC2CCC1C2. The van der Waals surface area contributed by atoms with Crippen molar-refractivity contribution in [3.8, 4) is 0 Å². The summed E-state index contributed by atoms with van der Waals surface area (Å²) in [5.74, 6) is 4.05. The molecule has 1 aliphatic heterocycles. The molecular formula is C17H31NO. The third kappa shape index (κ3) is 3.33. The summed E-state index contributed by atoms with van der Waals surface area (Å²) in [6.45, 7) is 5.50. The summed E-state index contributed by atoms with van der Waals surface area (Å²) in [6.07, 6.45) is 11.4. The van der Waals surface area contributed by atoms with Crippen LogP contribution in [0.1, 0.15) is 58.3 Å². The lowest BCUT2D eigenvalue weighted by atomic mass is 9.78. The van der Waals surface area contributed by atoms with Crippen molar-refractivity contribution in [2.45, 2.75) is 64.3 Å². The van der Waals surface area contributed by atoms with Gasteiger partial charge in [-0.1, -0.05) is 13.3 Å². The Labute approximate surface area is 118 Å². The van der Waals surface area contributed by atoms with Crippen LogP contribution in [0.3, 0.4) is 0 Å². The Kier molecular flexibility index (Phi) is 4.81. The van der Waals surface area contributed by atoms with Crippen LogP contribution >= 0.6 is 0 Å². The standard InChI is InChI=1S/C17H31NO/c1-2-7-18-17(12-13-5-8-19-9-6-13)16-11-14-3-4-15(16)10-14/h13-18H,2-12H2,1H3. The molecule has 2 aliphatic carbocycles. The maximum absolute atomic E-state index is 5.52. The Morgan fingerprint density at radius 2 is 1.95 bits per heavy atom. The topological polar surface area (TPSA) is 21.3 Å². The molecule has 2 saturated carbocycles. The van der Waals surface area contributed by atoms with E-state index in [4.69, 9.17) is 4.74 Å². The zero-order valence-corrected chi connectivity index (χ0v) is 12.6. The van der Waals surface area contributed by atoms with E-state index in [1.54, 1.807) is 6.42 Å². The van der Waals surface area contributed by atoms with E-state index >= 15 is 0 Å². The van der Waals surface area contributed by atoms with E-state index in [1.807, 2.05) is 0 Å². The van der Waals surface area contributed by atoms with Crippen LogP contribution in [-0.4, -0.2) is 25.8 Å². The number of ether oxygens (including phenoxy) is 1. The quantitative estimate of drug-likeness (QED) is 0.792. The molecule has 110 valence electrons. The molecule has 19 heavy (non-hydrogen) atoms. The van der Waals surface area contributed by atoms with Gasteiger partial charge in [-0.15, -0.1) is 0 Å². The molecule has 0 radical (unpaired) electrons. The zero-order valence-electron chi connectivity index (χ0n) is 12.6. The number of rotatable bonds is 6. The van der Waals surface area contributed by atoms with Gasteiger partial charge in [0.05, 0.1) is 0 Å². The Morgan fingerprint density at radius 1 is 1.11 bits per heavy atom. The van der Waals surface area contributed by atoms with Gasteiger partial charge in [-0.2, -0.15) is 0 Å². The van der Waals surface area contributed by atoms with Crippen molar-refractivity contribution in [2.24, 2.45) is 23.7 Å². The van der Waals surface area contributed by atoms with Crippen LogP contribution in [0.5, 0.6) is 0 Å². The molecule has 2 nitrogen and oxygen atoms in total. The first-order valence-corrected chi connectivity index (χ1v) is 8.68. The Bertz CT molecular complexity index is 274. The summed E-state index contributed by atoms with van der Waals surface area (Å²) in [4.78, 5) is 0. The Hall–Kier alpha value is -0.0800. The second-order valence-corrected chi connectivity index (χ2v) is 7.19. The third-order valence-electron chi connectivity index (χ3n) is 5.89. The van der Waals surface area contributed by atoms with Crippen LogP contribution in [0.4, 0.5) is 0 Å². The first kappa shape index (κ1) is 13.9. The lowest BCUT2D eigenvalue weighted by Gasteiger charge is -2.35. The summed E-state index contributed by atoms with van der Waals surface area (Å²) in [6, 6.07) is 0.804. The minimum absolute atomic E-state index is 0.804. The molecule has 3 rings (SSSR count). The highest BCUT2D eigenvalue weighted by atomic mass is 16.5. The van der Waals surface area contributed by atoms with E-state index in [9.17, 15) is 0 Å². The van der Waals surface area contributed by atoms with Crippen molar-refractivity contribution in [3.63, 3.8) is 0 Å². The van der Waals surface area contributed by atoms with E-state index < -0.39 is 0 Å². The van der Waals surface area contributed by atoms with Crippen molar-refractivity contribution in [3.05, 3.63) is 0 Å². The maximum Gasteiger partial charge on any atom is 0.0468 e. The maximum atomic E-state index is 5.52. The van der Waals surface area contributed by atoms with Crippen molar-refractivity contribution >= 4 is 0 Å². The van der Waals surface area contributed by atoms with Gasteiger partial charge in [0.25, 0.3) is 0 Å². The average Bonchev–Trinajstić information content (AvgIpc) is 3.07. The molecule has 4 atom stereocenters. The van der Waals surface area contributed by atoms with Gasteiger partial charge in [0, 0.05) is 19.3 Å². The highest BCUT2D eigenvalue weighted by molar-refractivity contribution is 4.96. The summed E-state index contributed by atoms with van der Waals surface area (Å²) in [7, 11) is 0. The van der Waals surface area contributed by atoms with Crippen LogP contribution in [-0.2, 0) is 4.74 Å². The molecule has 1 heterocycles. The van der Waals surface area contributed by atoms with Crippen molar-refractivity contribution in [1.29, 1.82) is 0 Å². The number of fused-ring (bicyclic) bond motifs is 2. The first-order chi connectivity index (χ1) is 9.36. The molecule has 3 fully saturated rings. The lowest BCUT2D eigenvalue weighted by molar-refractivity contribution is 0.0557. The predicted octanol–water partition coefficient (Wildman–Crippen LogP) is 3.61. The second kappa shape index (κ2) is 6.58. The molecule has 2 bridgehead atoms. The average molecular weight is 265 g/mol. The summed E-state index contributed by atoms with van der Waals surface area (Å²) < 4.78 is 5.52. The van der Waals surface area contributed by atoms with Gasteiger partial charge < -0.3 is 10.1 Å². The van der Waals surface area contributed by atoms with Crippen LogP contribution in [0, 0.1) is 23.7 Å². The third-order valence-corrected chi connectivity index (χ3v) is 5.89. The van der Waals surface area contributed by atoms with Crippen LogP contribution in [0.15, 0.2) is 0 Å². The van der Waals surface area contributed by atoms with Gasteiger partial charge >= 0.3 is 0 Å². The monoisotopic (exact) mass is 265 g/mol. The summed E-state index contributed by atoms with van der Waals surface area (Å²) in [5.41, 5.74) is 0. The molecule has 0 aromatic heterocycles. The fraction of sp³-hybridized carbons (Fsp3) is 1.00. The Morgan fingerprint density at radius 3 is 2.58 bits per heavy atom. The van der Waals surface area contributed by atoms with E-state index in [0.29, 0.717) is 0 Å². The molecule has 1 N–H and O–H groups in total. The molecule has 0 spiro atoms. The molecule has 0 amide bonds. The van der Waals surface area contributed by atoms with Gasteiger partial charge in [0.15, 0.2) is 0 Å². The van der Waals surface area contributed by atoms with Crippen LogP contribution in [0.25, 0.3) is 0 Å². The smallest absolute Gasteiger partial charge is 0.0468 e. The zero-order chi connectivity index (χ0) is 13.1. The van der Waals surface area contributed by atoms with E-state index in [1.165, 1.54) is 51.5 Å². The molecule has 2 heteroatoms. The van der Waals surface area contributed by atoms with Gasteiger partial charge in [-0.3, -0.25) is 0 Å². The van der Waals surface area contributed by atoms with E-state index in [0.717, 1.165) is 42.9 Å². The van der Waals surface area contributed by atoms with Gasteiger partial charge in [-0.25, -0.2) is 0 Å². The van der Waals surface area contributed by atoms with Gasteiger partial charge in [0.2, 0.25) is 0 Å². The predicted molar refractivity (Wildman–Crippen MR) is 79.2 cm³/mol. The first-order valence-electron chi connectivity index (χ1n) is 8.68. The normalized spacial score (nSPS) is 36.8. The number of hydrogen-bond acceptors (Lipinski definition) is 2. The van der Waals surface area contributed by atoms with Crippen LogP contribution in [0.2, 0.25) is 0 Å². The molecule has 0 aromatic carbocycles. The summed E-state index contributed by atoms with van der Waals surface area (Å²) >= 11 is 0. The highest BCUT2D eigenvalue weighted by Crippen LogP contribution is 2.50. The summed E-state index contributed by atoms with van der Waals surface area (Å²) in [5, 5.41) is 3.90. The van der Waals surface area contributed by atoms with Crippen molar-refractivity contribution in [1.82, 2.24) is 5.32 Å². The molecule has 4 unspecified atom stereocenters. The van der Waals surface area contributed by atoms with E-state index in [2.05, 4.69) is 12.2 Å². The second-order valence-electron chi connectivity index (χ2n) is 7.19. The molecule has 1 saturated heterocycles. The lowest BCUT2D eigenvalue weighted by Crippen LogP contribution is -2.41. The molecular weight excluding hydrogens is 234 g/mol. The van der Waals surface area contributed by atoms with Gasteiger partial charge in [0.1, 0.15) is 0 Å². The minimum Gasteiger partial charge on any atom is -0.381 e. The molecule has 3 aliphatic rings. The molecule has 0 aromatic rings. The van der Waals surface area contributed by atoms with Crippen LogP contribution < -0.4 is 5.32 Å². The Balaban J connectivity index is 1.56. The number of hydrogen-bond donors (Lipinski definition) is 1. The highest BCUT2D eigenvalue weighted by Gasteiger charge is 2.43. The largest absolute Gasteiger partial charge is 0.381 e. The minimum atomic E-state index is 0.804. The fourth-order valence-electron chi connectivity index (χ4n) is 4.87. The van der Waals surface area contributed by atoms with Gasteiger partial charge in [-0.05, 0) is 75.2 Å².